The molecule has 0 aromatic carbocycles. The highest BCUT2D eigenvalue weighted by molar-refractivity contribution is 5.88. The van der Waals surface area contributed by atoms with Gasteiger partial charge in [0.25, 0.3) is 0 Å². The SMILES string of the molecule is C=C(C)C(=O)OCC(O)CN(C)C.C=C(C)C(=O)OCC(O)CN(C)C.C=C(C)C(=O)OCC(O)CN(CCCCCC)CCCCCC.C=C(C)C(=O)OCCN(CCCC)CCCC.C=CC(=O)OCCN(C)CCOC(=O)C=C. The Kier molecular flexibility index (Phi) is 61.8. The fourth-order valence-corrected chi connectivity index (χ4v) is 6.33. The van der Waals surface area contributed by atoms with Crippen molar-refractivity contribution in [2.24, 2.45) is 0 Å². The predicted octanol–water partition coefficient (Wildman–Crippen LogP) is 7.37. The van der Waals surface area contributed by atoms with E-state index in [9.17, 15) is 44.1 Å². The second kappa shape index (κ2) is 59.1. The van der Waals surface area contributed by atoms with E-state index >= 15 is 0 Å². The van der Waals surface area contributed by atoms with Crippen LogP contribution in [0.4, 0.5) is 0 Å². The number of rotatable bonds is 43. The van der Waals surface area contributed by atoms with Crippen LogP contribution in [-0.2, 0) is 57.2 Å². The smallest absolute Gasteiger partial charge is 0.333 e. The Bertz CT molecular complexity index is 1670. The molecule has 82 heavy (non-hydrogen) atoms. The van der Waals surface area contributed by atoms with Crippen LogP contribution in [0.3, 0.4) is 0 Å². The van der Waals surface area contributed by atoms with E-state index in [1.54, 1.807) is 27.7 Å². The lowest BCUT2D eigenvalue weighted by atomic mass is 10.1. The van der Waals surface area contributed by atoms with Gasteiger partial charge >= 0.3 is 35.8 Å². The summed E-state index contributed by atoms with van der Waals surface area (Å²) in [5, 5.41) is 28.7. The molecule has 0 spiro atoms. The molecule has 20 nitrogen and oxygen atoms in total. The minimum atomic E-state index is -0.640. The van der Waals surface area contributed by atoms with E-state index in [1.807, 2.05) is 49.9 Å². The van der Waals surface area contributed by atoms with Gasteiger partial charge < -0.3 is 58.4 Å². The molecule has 20 heteroatoms. The van der Waals surface area contributed by atoms with Crippen molar-refractivity contribution in [2.45, 2.75) is 151 Å². The van der Waals surface area contributed by atoms with Crippen LogP contribution in [0.2, 0.25) is 0 Å². The molecular formula is C62H115N5O15. The zero-order valence-electron chi connectivity index (χ0n) is 53.4. The first-order valence-corrected chi connectivity index (χ1v) is 28.9. The molecular weight excluding hydrogens is 1050 g/mol. The fraction of sp³-hybridized carbons (Fsp3) is 0.710. The molecule has 478 valence electrons. The maximum absolute atomic E-state index is 11.4. The summed E-state index contributed by atoms with van der Waals surface area (Å²) in [6, 6.07) is 0. The third-order valence-electron chi connectivity index (χ3n) is 11.0. The standard InChI is InChI=1S/C19H37NO3.C14H27NO2.C11H17NO4.2C9H17NO3/c1-5-7-9-11-13-20(14-12-10-8-6-2)15-18(21)16-23-19(22)17(3)4;1-5-7-9-15(10-8-6-2)11-12-17-14(16)13(3)4;1-4-10(13)15-8-6-12(3)7-9-16-11(14)5-2;2*1-7(2)9(12)13-6-8(11)5-10(3)4/h18,21H,3,5-16H2,1-2,4H3;3,5-12H2,1-2,4H3;4-5H,1-2,6-9H2,3H3;2*8,11H,1,5-6H2,2-4H3. The second-order valence-corrected chi connectivity index (χ2v) is 20.6. The molecule has 0 aliphatic heterocycles. The Morgan fingerprint density at radius 3 is 0.976 bits per heavy atom. The highest BCUT2D eigenvalue weighted by Crippen LogP contribution is 2.08. The van der Waals surface area contributed by atoms with Crippen molar-refractivity contribution >= 4 is 35.8 Å². The summed E-state index contributed by atoms with van der Waals surface area (Å²) in [6.45, 7) is 44.6. The second-order valence-electron chi connectivity index (χ2n) is 20.6. The number of esters is 6. The lowest BCUT2D eigenvalue weighted by Crippen LogP contribution is -2.36. The van der Waals surface area contributed by atoms with Gasteiger partial charge in [0, 0.05) is 73.7 Å². The monoisotopic (exact) mass is 1170 g/mol. The van der Waals surface area contributed by atoms with E-state index in [1.165, 1.54) is 77.0 Å². The molecule has 3 N–H and O–H groups in total. The van der Waals surface area contributed by atoms with Gasteiger partial charge in [-0.1, -0.05) is 119 Å². The minimum absolute atomic E-state index is 0.0177. The van der Waals surface area contributed by atoms with E-state index in [-0.39, 0.29) is 39.0 Å². The molecule has 0 aliphatic carbocycles. The van der Waals surface area contributed by atoms with Crippen LogP contribution >= 0.6 is 0 Å². The van der Waals surface area contributed by atoms with Crippen molar-refractivity contribution in [1.29, 1.82) is 0 Å². The molecule has 0 heterocycles. The van der Waals surface area contributed by atoms with Gasteiger partial charge in [-0.25, -0.2) is 28.8 Å². The third-order valence-corrected chi connectivity index (χ3v) is 11.0. The maximum Gasteiger partial charge on any atom is 0.333 e. The van der Waals surface area contributed by atoms with Gasteiger partial charge in [0.15, 0.2) is 0 Å². The molecule has 0 bridgehead atoms. The van der Waals surface area contributed by atoms with E-state index < -0.39 is 48.2 Å². The van der Waals surface area contributed by atoms with E-state index in [0.29, 0.717) is 61.6 Å². The third kappa shape index (κ3) is 64.1. The van der Waals surface area contributed by atoms with Crippen LogP contribution in [0.5, 0.6) is 0 Å². The average molecular weight is 1170 g/mol. The number of nitrogens with zero attached hydrogens (tertiary/aromatic N) is 5. The Morgan fingerprint density at radius 1 is 0.390 bits per heavy atom. The minimum Gasteiger partial charge on any atom is -0.461 e. The van der Waals surface area contributed by atoms with Crippen LogP contribution in [0, 0.1) is 0 Å². The summed E-state index contributed by atoms with van der Waals surface area (Å²) in [6.07, 6.45) is 14.9. The normalized spacial score (nSPS) is 11.6. The molecule has 3 unspecified atom stereocenters. The highest BCUT2D eigenvalue weighted by Gasteiger charge is 2.15. The molecule has 0 radical (unpaired) electrons. The first-order chi connectivity index (χ1) is 38.6. The van der Waals surface area contributed by atoms with Crippen molar-refractivity contribution in [1.82, 2.24) is 24.5 Å². The molecule has 3 atom stereocenters. The number of hydrogen-bond acceptors (Lipinski definition) is 20. The summed E-state index contributed by atoms with van der Waals surface area (Å²) >= 11 is 0. The van der Waals surface area contributed by atoms with Crippen molar-refractivity contribution in [3.8, 4) is 0 Å². The number of ether oxygens (including phenoxy) is 6. The zero-order chi connectivity index (χ0) is 63.8. The van der Waals surface area contributed by atoms with Gasteiger partial charge in [0.05, 0.1) is 0 Å². The number of carbonyl (C=O) groups excluding carboxylic acids is 6. The van der Waals surface area contributed by atoms with Crippen LogP contribution in [0.15, 0.2) is 73.9 Å². The number of aliphatic hydroxyl groups excluding tert-OH is 3. The zero-order valence-corrected chi connectivity index (χ0v) is 53.4. The van der Waals surface area contributed by atoms with Crippen molar-refractivity contribution in [3.05, 3.63) is 73.9 Å². The number of carbonyl (C=O) groups is 6. The quantitative estimate of drug-likeness (QED) is 0.0234. The first kappa shape index (κ1) is 85.7. The van der Waals surface area contributed by atoms with Gasteiger partial charge in [0.1, 0.15) is 58.0 Å². The van der Waals surface area contributed by atoms with Crippen LogP contribution in [-0.4, -0.2) is 234 Å². The average Bonchev–Trinajstić information content (AvgIpc) is 3.41. The maximum atomic E-state index is 11.4. The number of likely N-dealkylation sites (N-methyl/N-ethyl adjacent to an activating group) is 3. The van der Waals surface area contributed by atoms with Gasteiger partial charge in [-0.15, -0.1) is 0 Å². The van der Waals surface area contributed by atoms with Gasteiger partial charge in [0.2, 0.25) is 0 Å². The first-order valence-electron chi connectivity index (χ1n) is 28.9. The number of unbranched alkanes of at least 4 members (excludes halogenated alkanes) is 8. The lowest BCUT2D eigenvalue weighted by Gasteiger charge is -2.25. The Morgan fingerprint density at radius 2 is 0.683 bits per heavy atom. The Labute approximate surface area is 496 Å². The molecule has 0 amide bonds. The summed E-state index contributed by atoms with van der Waals surface area (Å²) in [5.74, 6) is -2.51. The van der Waals surface area contributed by atoms with Crippen molar-refractivity contribution in [2.75, 3.05) is 140 Å². The number of hydrogen-bond donors (Lipinski definition) is 3. The number of aliphatic hydroxyl groups is 3. The molecule has 0 saturated heterocycles. The van der Waals surface area contributed by atoms with Gasteiger partial charge in [-0.05, 0) is 115 Å². The van der Waals surface area contributed by atoms with Crippen molar-refractivity contribution in [3.63, 3.8) is 0 Å². The van der Waals surface area contributed by atoms with Gasteiger partial charge in [-0.3, -0.25) is 9.80 Å². The van der Waals surface area contributed by atoms with E-state index in [4.69, 9.17) is 28.4 Å². The highest BCUT2D eigenvalue weighted by atomic mass is 16.6. The van der Waals surface area contributed by atoms with E-state index in [2.05, 4.69) is 77.0 Å². The molecule has 0 aromatic rings. The van der Waals surface area contributed by atoms with Crippen LogP contribution in [0.25, 0.3) is 0 Å². The Balaban J connectivity index is -0.000000306. The van der Waals surface area contributed by atoms with Crippen LogP contribution in [0.1, 0.15) is 132 Å². The predicted molar refractivity (Wildman–Crippen MR) is 329 cm³/mol. The molecule has 0 saturated carbocycles. The molecule has 0 aromatic heterocycles. The Hall–Kier alpha value is -5.06. The molecule has 0 fully saturated rings. The van der Waals surface area contributed by atoms with E-state index in [0.717, 1.165) is 44.9 Å². The summed E-state index contributed by atoms with van der Waals surface area (Å²) in [4.78, 5) is 76.0. The largest absolute Gasteiger partial charge is 0.461 e. The van der Waals surface area contributed by atoms with Crippen LogP contribution < -0.4 is 0 Å². The lowest BCUT2D eigenvalue weighted by molar-refractivity contribution is -0.142. The van der Waals surface area contributed by atoms with Gasteiger partial charge in [-0.2, -0.15) is 0 Å². The molecule has 0 aliphatic rings. The van der Waals surface area contributed by atoms with Crippen molar-refractivity contribution < 1.29 is 72.5 Å². The fourth-order valence-electron chi connectivity index (χ4n) is 6.33. The molecule has 0 rings (SSSR count). The topological polar surface area (TPSA) is 235 Å². The summed E-state index contributed by atoms with van der Waals surface area (Å²) < 4.78 is 29.2. The summed E-state index contributed by atoms with van der Waals surface area (Å²) in [5.41, 5.74) is 1.53. The summed E-state index contributed by atoms with van der Waals surface area (Å²) in [7, 11) is 9.19.